The van der Waals surface area contributed by atoms with Crippen LogP contribution in [-0.2, 0) is 10.0 Å². The van der Waals surface area contributed by atoms with Gasteiger partial charge in [-0.05, 0) is 30.3 Å². The van der Waals surface area contributed by atoms with Crippen LogP contribution in [0.4, 0.5) is 0 Å². The van der Waals surface area contributed by atoms with Gasteiger partial charge in [-0.25, -0.2) is 22.8 Å². The summed E-state index contributed by atoms with van der Waals surface area (Å²) in [6.45, 7) is 6.54. The average Bonchev–Trinajstić information content (AvgIpc) is 3.12. The Hall–Kier alpha value is -2.49. The van der Waals surface area contributed by atoms with Crippen LogP contribution in [0.2, 0.25) is 24.8 Å². The van der Waals surface area contributed by atoms with Gasteiger partial charge in [-0.15, -0.1) is 0 Å². The first-order chi connectivity index (χ1) is 13.1. The van der Waals surface area contributed by atoms with Crippen molar-refractivity contribution in [3.8, 4) is 5.82 Å². The number of nitrogens with one attached hydrogen (secondary N) is 1. The number of benzene rings is 1. The normalized spacial score (nSPS) is 12.0. The lowest BCUT2D eigenvalue weighted by atomic mass is 10.3. The van der Waals surface area contributed by atoms with Gasteiger partial charge in [0.1, 0.15) is 13.2 Å². The quantitative estimate of drug-likeness (QED) is 0.492. The van der Waals surface area contributed by atoms with Crippen molar-refractivity contribution in [2.75, 3.05) is 0 Å². The molecule has 0 unspecified atom stereocenters. The van der Waals surface area contributed by atoms with Gasteiger partial charge in [-0.1, -0.05) is 49.4 Å². The molecule has 0 saturated carbocycles. The van der Waals surface area contributed by atoms with Crippen molar-refractivity contribution in [3.05, 3.63) is 65.4 Å². The predicted octanol–water partition coefficient (Wildman–Crippen LogP) is 2.58. The Bertz CT molecular complexity index is 1130. The summed E-state index contributed by atoms with van der Waals surface area (Å²) < 4.78 is 28.2. The van der Waals surface area contributed by atoms with Gasteiger partial charge in [-0.2, -0.15) is 5.10 Å². The molecule has 0 aliphatic heterocycles. The maximum absolute atomic E-state index is 12.4. The van der Waals surface area contributed by atoms with Crippen LogP contribution >= 0.6 is 11.6 Å². The van der Waals surface area contributed by atoms with E-state index in [-0.39, 0.29) is 15.6 Å². The zero-order valence-corrected chi connectivity index (χ0v) is 18.1. The second-order valence-corrected chi connectivity index (χ2v) is 14.2. The van der Waals surface area contributed by atoms with Crippen LogP contribution in [0.3, 0.4) is 0 Å². The second kappa shape index (κ2) is 7.49. The Labute approximate surface area is 169 Å². The van der Waals surface area contributed by atoms with Gasteiger partial charge in [0, 0.05) is 11.5 Å². The fourth-order valence-electron chi connectivity index (χ4n) is 2.41. The smallest absolute Gasteiger partial charge is 0.268 e. The van der Waals surface area contributed by atoms with Crippen molar-refractivity contribution < 1.29 is 13.2 Å². The zero-order valence-electron chi connectivity index (χ0n) is 15.5. The van der Waals surface area contributed by atoms with E-state index < -0.39 is 24.0 Å². The largest absolute Gasteiger partial charge is 0.268 e. The van der Waals surface area contributed by atoms with E-state index in [2.05, 4.69) is 29.7 Å². The molecule has 1 amide bonds. The number of pyridine rings is 1. The Balaban J connectivity index is 1.84. The Morgan fingerprint density at radius 2 is 1.75 bits per heavy atom. The minimum absolute atomic E-state index is 0.0144. The van der Waals surface area contributed by atoms with Gasteiger partial charge in [0.15, 0.2) is 5.82 Å². The molecule has 0 atom stereocenters. The van der Waals surface area contributed by atoms with E-state index in [9.17, 15) is 13.2 Å². The molecule has 0 aliphatic rings. The van der Waals surface area contributed by atoms with E-state index in [1.54, 1.807) is 35.1 Å². The highest BCUT2D eigenvalue weighted by Gasteiger charge is 2.22. The molecular weight excluding hydrogens is 416 g/mol. The average molecular weight is 435 g/mol. The monoisotopic (exact) mass is 434 g/mol. The zero-order chi connectivity index (χ0) is 20.5. The van der Waals surface area contributed by atoms with Crippen LogP contribution in [0.1, 0.15) is 10.4 Å². The van der Waals surface area contributed by atoms with Crippen LogP contribution in [-0.4, -0.2) is 37.2 Å². The number of rotatable bonds is 5. The third-order valence-electron chi connectivity index (χ3n) is 3.95. The molecule has 1 aromatic carbocycles. The standard InChI is InChI=1S/C18H19ClN4O3SSi/c1-28(2,3)16-11-12-23(21-16)15-10-9-14(17(19)20-15)18(24)22-27(25,26)13-7-5-4-6-8-13/h4-12H,1-3H3,(H,22,24). The lowest BCUT2D eigenvalue weighted by Gasteiger charge is -2.11. The minimum atomic E-state index is -4.00. The van der Waals surface area contributed by atoms with Crippen molar-refractivity contribution in [2.24, 2.45) is 0 Å². The summed E-state index contributed by atoms with van der Waals surface area (Å²) in [6, 6.07) is 12.5. The van der Waals surface area contributed by atoms with Crippen LogP contribution < -0.4 is 10.0 Å². The summed E-state index contributed by atoms with van der Waals surface area (Å²) in [7, 11) is -5.57. The highest BCUT2D eigenvalue weighted by Crippen LogP contribution is 2.17. The van der Waals surface area contributed by atoms with E-state index in [1.807, 2.05) is 10.8 Å². The molecule has 0 fully saturated rings. The molecule has 0 radical (unpaired) electrons. The predicted molar refractivity (Wildman–Crippen MR) is 110 cm³/mol. The molecular formula is C18H19ClN4O3SSi. The number of carbonyl (C=O) groups excluding carboxylic acids is 1. The lowest BCUT2D eigenvalue weighted by Crippen LogP contribution is -2.39. The molecule has 0 saturated heterocycles. The molecule has 3 rings (SSSR count). The fourth-order valence-corrected chi connectivity index (χ4v) is 4.61. The van der Waals surface area contributed by atoms with E-state index in [4.69, 9.17) is 11.6 Å². The van der Waals surface area contributed by atoms with Gasteiger partial charge in [0.2, 0.25) is 0 Å². The molecule has 0 bridgehead atoms. The van der Waals surface area contributed by atoms with E-state index in [0.29, 0.717) is 5.82 Å². The maximum Gasteiger partial charge on any atom is 0.268 e. The lowest BCUT2D eigenvalue weighted by molar-refractivity contribution is 0.0981. The van der Waals surface area contributed by atoms with Crippen molar-refractivity contribution in [1.29, 1.82) is 0 Å². The van der Waals surface area contributed by atoms with Gasteiger partial charge in [0.05, 0.1) is 10.5 Å². The summed E-state index contributed by atoms with van der Waals surface area (Å²) in [5, 5.41) is 5.43. The van der Waals surface area contributed by atoms with Crippen LogP contribution in [0, 0.1) is 0 Å². The fraction of sp³-hybridized carbons (Fsp3) is 0.167. The summed E-state index contributed by atoms with van der Waals surface area (Å²) in [4.78, 5) is 16.6. The number of aromatic nitrogens is 3. The van der Waals surface area contributed by atoms with E-state index in [0.717, 1.165) is 5.32 Å². The molecule has 0 aliphatic carbocycles. The van der Waals surface area contributed by atoms with E-state index >= 15 is 0 Å². The number of carbonyl (C=O) groups is 1. The molecule has 3 aromatic rings. The molecule has 2 aromatic heterocycles. The second-order valence-electron chi connectivity index (χ2n) is 7.15. The van der Waals surface area contributed by atoms with Gasteiger partial charge >= 0.3 is 0 Å². The number of sulfonamides is 1. The van der Waals surface area contributed by atoms with Crippen LogP contribution in [0.5, 0.6) is 0 Å². The Morgan fingerprint density at radius 3 is 2.32 bits per heavy atom. The topological polar surface area (TPSA) is 94.0 Å². The number of hydrogen-bond donors (Lipinski definition) is 1. The summed E-state index contributed by atoms with van der Waals surface area (Å²) in [5.74, 6) is -0.409. The molecule has 0 spiro atoms. The minimum Gasteiger partial charge on any atom is -0.268 e. The number of halogens is 1. The Morgan fingerprint density at radius 1 is 1.07 bits per heavy atom. The number of amides is 1. The SMILES string of the molecule is C[Si](C)(C)c1ccn(-c2ccc(C(=O)NS(=O)(=O)c3ccccc3)c(Cl)n2)n1. The van der Waals surface area contributed by atoms with Crippen molar-refractivity contribution in [3.63, 3.8) is 0 Å². The Kier molecular flexibility index (Phi) is 5.42. The third kappa shape index (κ3) is 4.32. The van der Waals surface area contributed by atoms with Crippen LogP contribution in [0.25, 0.3) is 5.82 Å². The molecule has 7 nitrogen and oxygen atoms in total. The first kappa shape index (κ1) is 20.2. The third-order valence-corrected chi connectivity index (χ3v) is 7.39. The van der Waals surface area contributed by atoms with Crippen molar-refractivity contribution in [2.45, 2.75) is 24.5 Å². The summed E-state index contributed by atoms with van der Waals surface area (Å²) in [5.41, 5.74) is -0.0394. The van der Waals surface area contributed by atoms with Crippen molar-refractivity contribution in [1.82, 2.24) is 19.5 Å². The van der Waals surface area contributed by atoms with Gasteiger partial charge in [-0.3, -0.25) is 4.79 Å². The van der Waals surface area contributed by atoms with Gasteiger partial charge < -0.3 is 0 Å². The molecule has 1 N–H and O–H groups in total. The molecule has 2 heterocycles. The summed E-state index contributed by atoms with van der Waals surface area (Å²) >= 11 is 6.15. The van der Waals surface area contributed by atoms with Crippen LogP contribution in [0.15, 0.2) is 59.6 Å². The molecule has 146 valence electrons. The first-order valence-electron chi connectivity index (χ1n) is 8.43. The van der Waals surface area contributed by atoms with E-state index in [1.165, 1.54) is 18.2 Å². The maximum atomic E-state index is 12.4. The highest BCUT2D eigenvalue weighted by atomic mass is 35.5. The van der Waals surface area contributed by atoms with Gasteiger partial charge in [0.25, 0.3) is 15.9 Å². The molecule has 28 heavy (non-hydrogen) atoms. The molecule has 10 heteroatoms. The highest BCUT2D eigenvalue weighted by molar-refractivity contribution is 7.90. The number of hydrogen-bond acceptors (Lipinski definition) is 5. The number of nitrogens with zero attached hydrogens (tertiary/aromatic N) is 3. The summed E-state index contributed by atoms with van der Waals surface area (Å²) in [6.07, 6.45) is 1.78. The van der Waals surface area contributed by atoms with Crippen molar-refractivity contribution >= 4 is 40.9 Å². The first-order valence-corrected chi connectivity index (χ1v) is 13.8.